The minimum Gasteiger partial charge on any atom is -0.268 e. The van der Waals surface area contributed by atoms with Crippen LogP contribution in [0.15, 0.2) is 41.2 Å². The van der Waals surface area contributed by atoms with Crippen LogP contribution in [0.2, 0.25) is 0 Å². The van der Waals surface area contributed by atoms with Crippen molar-refractivity contribution in [2.45, 2.75) is 38.0 Å². The average Bonchev–Trinajstić information content (AvgIpc) is 3.36. The molecular weight excluding hydrogens is 326 g/mol. The van der Waals surface area contributed by atoms with E-state index in [0.29, 0.717) is 5.92 Å². The fourth-order valence-electron chi connectivity index (χ4n) is 2.48. The van der Waals surface area contributed by atoms with Gasteiger partial charge >= 0.3 is 0 Å². The van der Waals surface area contributed by atoms with Gasteiger partial charge in [-0.1, -0.05) is 29.8 Å². The Bertz CT molecular complexity index is 869. The number of hydrogen-bond donors (Lipinski definition) is 1. The molecule has 1 N–H and O–H groups in total. The molecule has 0 saturated heterocycles. The maximum Gasteiger partial charge on any atom is 0.266 e. The zero-order valence-electron chi connectivity index (χ0n) is 13.6. The van der Waals surface area contributed by atoms with Crippen LogP contribution >= 0.6 is 0 Å². The molecule has 0 radical (unpaired) electrons. The lowest BCUT2D eigenvalue weighted by Crippen LogP contribution is -2.32. The monoisotopic (exact) mass is 347 g/mol. The molecule has 0 amide bonds. The number of benzene rings is 1. The molecule has 1 aliphatic rings. The molecule has 6 nitrogen and oxygen atoms in total. The second-order valence-corrected chi connectivity index (χ2v) is 8.04. The summed E-state index contributed by atoms with van der Waals surface area (Å²) in [6.45, 7) is 2.33. The largest absolute Gasteiger partial charge is 0.268 e. The van der Waals surface area contributed by atoms with Gasteiger partial charge in [-0.15, -0.1) is 0 Å². The van der Waals surface area contributed by atoms with E-state index in [0.717, 1.165) is 29.7 Å². The number of nitrogens with zero attached hydrogens (tertiary/aromatic N) is 2. The molecule has 0 aliphatic heterocycles. The molecule has 1 aromatic heterocycles. The van der Waals surface area contributed by atoms with Crippen molar-refractivity contribution < 1.29 is 8.42 Å². The highest BCUT2D eigenvalue weighted by Gasteiger charge is 2.25. The second kappa shape index (κ2) is 6.86. The second-order valence-electron chi connectivity index (χ2n) is 6.23. The summed E-state index contributed by atoms with van der Waals surface area (Å²) in [7, 11) is -3.44. The van der Waals surface area contributed by atoms with E-state index in [1.54, 1.807) is 18.2 Å². The van der Waals surface area contributed by atoms with Crippen molar-refractivity contribution in [3.05, 3.63) is 63.6 Å². The topological polar surface area (TPSA) is 81.1 Å². The van der Waals surface area contributed by atoms with Crippen LogP contribution in [0.3, 0.4) is 0 Å². The molecule has 1 fully saturated rings. The van der Waals surface area contributed by atoms with Gasteiger partial charge in [0.1, 0.15) is 0 Å². The van der Waals surface area contributed by atoms with Crippen LogP contribution in [-0.2, 0) is 22.3 Å². The zero-order chi connectivity index (χ0) is 17.2. The Kier molecular flexibility index (Phi) is 4.82. The third-order valence-corrected chi connectivity index (χ3v) is 5.36. The lowest BCUT2D eigenvalue weighted by Gasteiger charge is -2.09. The molecule has 2 aromatic rings. The molecule has 1 aliphatic carbocycles. The van der Waals surface area contributed by atoms with E-state index in [4.69, 9.17) is 0 Å². The first-order valence-electron chi connectivity index (χ1n) is 8.04. The van der Waals surface area contributed by atoms with Crippen LogP contribution in [0.4, 0.5) is 0 Å². The van der Waals surface area contributed by atoms with Crippen molar-refractivity contribution in [2.24, 2.45) is 0 Å². The summed E-state index contributed by atoms with van der Waals surface area (Å²) in [5, 5.41) is 4.32. The number of sulfonamides is 1. The molecule has 1 saturated carbocycles. The van der Waals surface area contributed by atoms with Gasteiger partial charge in [0.05, 0.1) is 18.0 Å². The average molecular weight is 347 g/mol. The van der Waals surface area contributed by atoms with Crippen molar-refractivity contribution in [1.82, 2.24) is 14.5 Å². The molecule has 0 unspecified atom stereocenters. The quantitative estimate of drug-likeness (QED) is 0.824. The van der Waals surface area contributed by atoms with Gasteiger partial charge in [0.25, 0.3) is 5.56 Å². The van der Waals surface area contributed by atoms with Crippen LogP contribution in [0.25, 0.3) is 0 Å². The predicted molar refractivity (Wildman–Crippen MR) is 92.3 cm³/mol. The van der Waals surface area contributed by atoms with Gasteiger partial charge < -0.3 is 0 Å². The predicted octanol–water partition coefficient (Wildman–Crippen LogP) is 1.55. The molecule has 3 rings (SSSR count). The summed E-state index contributed by atoms with van der Waals surface area (Å²) in [5.41, 5.74) is 2.53. The van der Waals surface area contributed by atoms with E-state index in [1.165, 1.54) is 10.7 Å². The number of hydrogen-bond acceptors (Lipinski definition) is 4. The van der Waals surface area contributed by atoms with Crippen molar-refractivity contribution in [2.75, 3.05) is 6.54 Å². The van der Waals surface area contributed by atoms with Crippen molar-refractivity contribution in [1.29, 1.82) is 0 Å². The Morgan fingerprint density at radius 2 is 1.88 bits per heavy atom. The lowest BCUT2D eigenvalue weighted by atomic mass is 10.2. The maximum atomic E-state index is 12.1. The zero-order valence-corrected chi connectivity index (χ0v) is 14.4. The highest BCUT2D eigenvalue weighted by atomic mass is 32.2. The SMILES string of the molecule is Cc1ccc(CS(=O)(=O)NCCn2nc(C3CC3)ccc2=O)cc1. The molecular formula is C17H21N3O3S. The fraction of sp³-hybridized carbons (Fsp3) is 0.412. The molecule has 7 heteroatoms. The summed E-state index contributed by atoms with van der Waals surface area (Å²) in [6, 6.07) is 10.6. The van der Waals surface area contributed by atoms with Gasteiger partial charge in [-0.3, -0.25) is 4.79 Å². The number of aryl methyl sites for hydroxylation is 1. The van der Waals surface area contributed by atoms with Crippen LogP contribution in [0.1, 0.15) is 35.6 Å². The van der Waals surface area contributed by atoms with Gasteiger partial charge in [0.15, 0.2) is 0 Å². The van der Waals surface area contributed by atoms with E-state index < -0.39 is 10.0 Å². The van der Waals surface area contributed by atoms with Crippen molar-refractivity contribution in [3.8, 4) is 0 Å². The summed E-state index contributed by atoms with van der Waals surface area (Å²) >= 11 is 0. The first kappa shape index (κ1) is 16.9. The van der Waals surface area contributed by atoms with Gasteiger partial charge in [-0.05, 0) is 31.4 Å². The van der Waals surface area contributed by atoms with E-state index >= 15 is 0 Å². The van der Waals surface area contributed by atoms with Gasteiger partial charge in [-0.25, -0.2) is 17.8 Å². The highest BCUT2D eigenvalue weighted by molar-refractivity contribution is 7.88. The van der Waals surface area contributed by atoms with Gasteiger partial charge in [0, 0.05) is 18.5 Å². The summed E-state index contributed by atoms with van der Waals surface area (Å²) in [5.74, 6) is 0.382. The normalized spacial score (nSPS) is 14.7. The lowest BCUT2D eigenvalue weighted by molar-refractivity contribution is 0.540. The van der Waals surface area contributed by atoms with E-state index in [2.05, 4.69) is 9.82 Å². The maximum absolute atomic E-state index is 12.1. The molecule has 1 aromatic carbocycles. The van der Waals surface area contributed by atoms with Crippen molar-refractivity contribution >= 4 is 10.0 Å². The summed E-state index contributed by atoms with van der Waals surface area (Å²) in [6.07, 6.45) is 2.21. The Morgan fingerprint density at radius 3 is 2.54 bits per heavy atom. The molecule has 0 atom stereocenters. The Morgan fingerprint density at radius 1 is 1.17 bits per heavy atom. The Labute approximate surface area is 141 Å². The third kappa shape index (κ3) is 4.52. The first-order valence-corrected chi connectivity index (χ1v) is 9.69. The van der Waals surface area contributed by atoms with E-state index in [-0.39, 0.29) is 24.4 Å². The summed E-state index contributed by atoms with van der Waals surface area (Å²) < 4.78 is 28.1. The standard InChI is InChI=1S/C17H21N3O3S/c1-13-2-4-14(5-3-13)12-24(22,23)18-10-11-20-17(21)9-8-16(19-20)15-6-7-15/h2-5,8-9,15,18H,6-7,10-12H2,1H3. The van der Waals surface area contributed by atoms with Crippen LogP contribution in [0, 0.1) is 6.92 Å². The summed E-state index contributed by atoms with van der Waals surface area (Å²) in [4.78, 5) is 11.8. The molecule has 128 valence electrons. The van der Waals surface area contributed by atoms with Crippen LogP contribution in [0.5, 0.6) is 0 Å². The van der Waals surface area contributed by atoms with Gasteiger partial charge in [0.2, 0.25) is 10.0 Å². The van der Waals surface area contributed by atoms with Gasteiger partial charge in [-0.2, -0.15) is 5.10 Å². The smallest absolute Gasteiger partial charge is 0.266 e. The fourth-order valence-corrected chi connectivity index (χ4v) is 3.62. The number of nitrogens with one attached hydrogen (secondary N) is 1. The Hall–Kier alpha value is -1.99. The minimum absolute atomic E-state index is 0.0717. The van der Waals surface area contributed by atoms with Crippen LogP contribution < -0.4 is 10.3 Å². The van der Waals surface area contributed by atoms with Crippen molar-refractivity contribution in [3.63, 3.8) is 0 Å². The Balaban J connectivity index is 1.58. The molecule has 24 heavy (non-hydrogen) atoms. The van der Waals surface area contributed by atoms with Crippen LogP contribution in [-0.4, -0.2) is 24.7 Å². The number of rotatable bonds is 7. The first-order chi connectivity index (χ1) is 11.4. The molecule has 0 bridgehead atoms. The third-order valence-electron chi connectivity index (χ3n) is 4.01. The van der Waals surface area contributed by atoms with E-state index in [1.807, 2.05) is 19.1 Å². The molecule has 1 heterocycles. The minimum atomic E-state index is -3.44. The molecule has 0 spiro atoms. The number of aromatic nitrogens is 2. The highest BCUT2D eigenvalue weighted by Crippen LogP contribution is 2.38. The van der Waals surface area contributed by atoms with E-state index in [9.17, 15) is 13.2 Å².